The number of hydrogen-bond acceptors (Lipinski definition) is 6. The Morgan fingerprint density at radius 3 is 2.92 bits per heavy atom. The van der Waals surface area contributed by atoms with Crippen LogP contribution in [-0.4, -0.2) is 27.3 Å². The molecule has 0 N–H and O–H groups in total. The standard InChI is InChI=1S/C16H14Cl2N4O2S/c1-10-20-21-16(25-2)22(10)19-8-11-6-7-12(24-11)9-23-14-5-3-4-13(17)15(14)18/h3-8H,9H2,1-2H3/b19-8-. The van der Waals surface area contributed by atoms with Crippen molar-refractivity contribution in [2.24, 2.45) is 5.10 Å². The Morgan fingerprint density at radius 2 is 2.12 bits per heavy atom. The van der Waals surface area contributed by atoms with E-state index in [1.807, 2.05) is 19.2 Å². The highest BCUT2D eigenvalue weighted by Gasteiger charge is 2.08. The zero-order valence-corrected chi connectivity index (χ0v) is 15.8. The summed E-state index contributed by atoms with van der Waals surface area (Å²) in [6.45, 7) is 2.07. The molecule has 3 rings (SSSR count). The van der Waals surface area contributed by atoms with Crippen molar-refractivity contribution in [2.75, 3.05) is 6.26 Å². The maximum Gasteiger partial charge on any atom is 0.211 e. The fourth-order valence-corrected chi connectivity index (χ4v) is 2.82. The summed E-state index contributed by atoms with van der Waals surface area (Å²) >= 11 is 13.5. The van der Waals surface area contributed by atoms with E-state index < -0.39 is 0 Å². The lowest BCUT2D eigenvalue weighted by Gasteiger charge is -2.06. The Morgan fingerprint density at radius 1 is 1.28 bits per heavy atom. The molecule has 0 atom stereocenters. The van der Waals surface area contributed by atoms with E-state index in [4.69, 9.17) is 32.4 Å². The minimum atomic E-state index is 0.232. The van der Waals surface area contributed by atoms with Crippen LogP contribution in [0.4, 0.5) is 0 Å². The van der Waals surface area contributed by atoms with Crippen molar-refractivity contribution < 1.29 is 9.15 Å². The van der Waals surface area contributed by atoms with Gasteiger partial charge < -0.3 is 9.15 Å². The summed E-state index contributed by atoms with van der Waals surface area (Å²) in [6.07, 6.45) is 3.52. The van der Waals surface area contributed by atoms with Crippen LogP contribution in [0, 0.1) is 6.92 Å². The average Bonchev–Trinajstić information content (AvgIpc) is 3.20. The largest absolute Gasteiger partial charge is 0.484 e. The van der Waals surface area contributed by atoms with E-state index >= 15 is 0 Å². The lowest BCUT2D eigenvalue weighted by atomic mass is 10.3. The second kappa shape index (κ2) is 7.95. The smallest absolute Gasteiger partial charge is 0.211 e. The highest BCUT2D eigenvalue weighted by atomic mass is 35.5. The van der Waals surface area contributed by atoms with E-state index in [2.05, 4.69) is 15.3 Å². The lowest BCUT2D eigenvalue weighted by molar-refractivity contribution is 0.270. The van der Waals surface area contributed by atoms with Gasteiger partial charge in [0.05, 0.1) is 11.2 Å². The second-order valence-corrected chi connectivity index (χ2v) is 6.49. The number of rotatable bonds is 6. The summed E-state index contributed by atoms with van der Waals surface area (Å²) in [5.41, 5.74) is 0. The monoisotopic (exact) mass is 396 g/mol. The first kappa shape index (κ1) is 17.8. The Hall–Kier alpha value is -1.96. The van der Waals surface area contributed by atoms with E-state index in [9.17, 15) is 0 Å². The van der Waals surface area contributed by atoms with Gasteiger partial charge in [0.15, 0.2) is 5.82 Å². The first-order chi connectivity index (χ1) is 12.1. The molecule has 0 bridgehead atoms. The second-order valence-electron chi connectivity index (χ2n) is 4.93. The SMILES string of the molecule is CSc1nnc(C)n1/N=C\c1ccc(COc2cccc(Cl)c2Cl)o1. The summed E-state index contributed by atoms with van der Waals surface area (Å²) in [7, 11) is 0. The van der Waals surface area contributed by atoms with Gasteiger partial charge >= 0.3 is 0 Å². The van der Waals surface area contributed by atoms with E-state index in [1.165, 1.54) is 11.8 Å². The third-order valence-corrected chi connectivity index (χ3v) is 4.64. The van der Waals surface area contributed by atoms with Crippen LogP contribution in [-0.2, 0) is 6.61 Å². The molecule has 9 heteroatoms. The highest BCUT2D eigenvalue weighted by molar-refractivity contribution is 7.98. The van der Waals surface area contributed by atoms with Crippen LogP contribution < -0.4 is 4.74 Å². The number of halogens is 2. The molecule has 6 nitrogen and oxygen atoms in total. The molecule has 0 fully saturated rings. The molecule has 1 aromatic carbocycles. The number of aromatic nitrogens is 3. The molecule has 0 radical (unpaired) electrons. The topological polar surface area (TPSA) is 65.4 Å². The quantitative estimate of drug-likeness (QED) is 0.447. The number of thioether (sulfide) groups is 1. The van der Waals surface area contributed by atoms with E-state index in [-0.39, 0.29) is 6.61 Å². The molecule has 25 heavy (non-hydrogen) atoms. The van der Waals surface area contributed by atoms with Gasteiger partial charge in [-0.15, -0.1) is 10.2 Å². The Kier molecular flexibility index (Phi) is 5.67. The molecule has 0 saturated heterocycles. The predicted octanol–water partition coefficient (Wildman–Crippen LogP) is 4.67. The maximum absolute atomic E-state index is 6.09. The van der Waals surface area contributed by atoms with Crippen molar-refractivity contribution in [3.63, 3.8) is 0 Å². The number of furan rings is 1. The molecule has 0 aliphatic rings. The Labute approximate surface area is 158 Å². The van der Waals surface area contributed by atoms with Crippen LogP contribution in [0.15, 0.2) is 45.0 Å². The van der Waals surface area contributed by atoms with Crippen LogP contribution in [0.3, 0.4) is 0 Å². The Bertz CT molecular complexity index is 907. The number of benzene rings is 1. The average molecular weight is 397 g/mol. The van der Waals surface area contributed by atoms with Gasteiger partial charge in [0.1, 0.15) is 28.9 Å². The molecule has 0 aliphatic carbocycles. The van der Waals surface area contributed by atoms with Crippen molar-refractivity contribution >= 4 is 41.2 Å². The van der Waals surface area contributed by atoms with E-state index in [1.54, 1.807) is 35.2 Å². The number of hydrogen-bond donors (Lipinski definition) is 0. The van der Waals surface area contributed by atoms with Crippen LogP contribution in [0.5, 0.6) is 5.75 Å². The van der Waals surface area contributed by atoms with Gasteiger partial charge in [0.2, 0.25) is 5.16 Å². The summed E-state index contributed by atoms with van der Waals surface area (Å²) < 4.78 is 13.0. The molecule has 0 aliphatic heterocycles. The summed E-state index contributed by atoms with van der Waals surface area (Å²) in [6, 6.07) is 8.84. The third-order valence-electron chi connectivity index (χ3n) is 3.22. The van der Waals surface area contributed by atoms with Gasteiger partial charge in [-0.2, -0.15) is 9.78 Å². The fourth-order valence-electron chi connectivity index (χ4n) is 2.00. The van der Waals surface area contributed by atoms with Crippen molar-refractivity contribution in [1.29, 1.82) is 0 Å². The summed E-state index contributed by atoms with van der Waals surface area (Å²) in [5.74, 6) is 2.44. The van der Waals surface area contributed by atoms with Gasteiger partial charge in [-0.3, -0.25) is 0 Å². The molecule has 0 unspecified atom stereocenters. The van der Waals surface area contributed by atoms with Crippen LogP contribution >= 0.6 is 35.0 Å². The first-order valence-corrected chi connectivity index (χ1v) is 9.22. The Balaban J connectivity index is 1.67. The molecular weight excluding hydrogens is 383 g/mol. The van der Waals surface area contributed by atoms with E-state index in [0.717, 1.165) is 0 Å². The van der Waals surface area contributed by atoms with Gasteiger partial charge in [-0.25, -0.2) is 0 Å². The van der Waals surface area contributed by atoms with Gasteiger partial charge in [0, 0.05) is 0 Å². The van der Waals surface area contributed by atoms with Crippen molar-refractivity contribution in [3.05, 3.63) is 57.7 Å². The molecular formula is C16H14Cl2N4O2S. The highest BCUT2D eigenvalue weighted by Crippen LogP contribution is 2.32. The first-order valence-electron chi connectivity index (χ1n) is 7.24. The van der Waals surface area contributed by atoms with Crippen LogP contribution in [0.1, 0.15) is 17.3 Å². The number of nitrogens with zero attached hydrogens (tertiary/aromatic N) is 4. The zero-order chi connectivity index (χ0) is 17.8. The van der Waals surface area contributed by atoms with Crippen LogP contribution in [0.25, 0.3) is 0 Å². The molecule has 0 spiro atoms. The minimum Gasteiger partial charge on any atom is -0.484 e. The molecule has 0 saturated carbocycles. The number of ether oxygens (including phenoxy) is 1. The lowest BCUT2D eigenvalue weighted by Crippen LogP contribution is -1.95. The normalized spacial score (nSPS) is 11.4. The van der Waals surface area contributed by atoms with Gasteiger partial charge in [0.25, 0.3) is 0 Å². The van der Waals surface area contributed by atoms with Crippen LogP contribution in [0.2, 0.25) is 10.0 Å². The van der Waals surface area contributed by atoms with E-state index in [0.29, 0.717) is 38.3 Å². The molecule has 0 amide bonds. The van der Waals surface area contributed by atoms with Crippen molar-refractivity contribution in [2.45, 2.75) is 18.7 Å². The van der Waals surface area contributed by atoms with Gasteiger partial charge in [-0.1, -0.05) is 41.0 Å². The minimum absolute atomic E-state index is 0.232. The van der Waals surface area contributed by atoms with Gasteiger partial charge in [-0.05, 0) is 37.4 Å². The molecule has 2 heterocycles. The predicted molar refractivity (Wildman–Crippen MR) is 99.0 cm³/mol. The molecule has 3 aromatic rings. The van der Waals surface area contributed by atoms with Crippen molar-refractivity contribution in [3.8, 4) is 5.75 Å². The zero-order valence-electron chi connectivity index (χ0n) is 13.4. The number of aryl methyl sites for hydroxylation is 1. The third kappa shape index (κ3) is 4.18. The molecule has 2 aromatic heterocycles. The van der Waals surface area contributed by atoms with Crippen molar-refractivity contribution in [1.82, 2.24) is 14.9 Å². The molecule has 130 valence electrons. The summed E-state index contributed by atoms with van der Waals surface area (Å²) in [4.78, 5) is 0. The fraction of sp³-hybridized carbons (Fsp3) is 0.188. The summed E-state index contributed by atoms with van der Waals surface area (Å²) in [5, 5.41) is 13.9. The maximum atomic E-state index is 6.09.